The van der Waals surface area contributed by atoms with Crippen molar-refractivity contribution in [2.75, 3.05) is 0 Å². The van der Waals surface area contributed by atoms with Crippen molar-refractivity contribution in [3.63, 3.8) is 0 Å². The molecule has 0 amide bonds. The highest BCUT2D eigenvalue weighted by molar-refractivity contribution is 7.78. The standard InChI is InChI=1S/C9H8O4.C7H5NS/c1-5-6(8(10)11)3-2-4-7(5)9(12)13;9-6-8-7-4-2-1-3-5-7/h2-4H,1H3,(H,10,11)(H,12,13);1-5H. The van der Waals surface area contributed by atoms with Crippen molar-refractivity contribution in [3.05, 3.63) is 65.2 Å². The number of aromatic carboxylic acids is 2. The van der Waals surface area contributed by atoms with Gasteiger partial charge in [-0.15, -0.1) is 0 Å². The monoisotopic (exact) mass is 315 g/mol. The first-order chi connectivity index (χ1) is 10.5. The first-order valence-electron chi connectivity index (χ1n) is 6.16. The SMILES string of the molecule is Cc1c(C(=O)O)cccc1C(=O)O.S=C=Nc1ccccc1. The van der Waals surface area contributed by atoms with E-state index in [2.05, 4.69) is 22.4 Å². The van der Waals surface area contributed by atoms with E-state index in [-0.39, 0.29) is 16.7 Å². The van der Waals surface area contributed by atoms with E-state index in [1.165, 1.54) is 25.1 Å². The van der Waals surface area contributed by atoms with Gasteiger partial charge in [-0.05, 0) is 49.0 Å². The maximum Gasteiger partial charge on any atom is 0.335 e. The van der Waals surface area contributed by atoms with Gasteiger partial charge in [0.05, 0.1) is 22.0 Å². The summed E-state index contributed by atoms with van der Waals surface area (Å²) < 4.78 is 0. The van der Waals surface area contributed by atoms with E-state index in [1.807, 2.05) is 30.3 Å². The number of carbonyl (C=O) groups is 2. The molecule has 0 atom stereocenters. The highest BCUT2D eigenvalue weighted by Crippen LogP contribution is 2.13. The third-order valence-corrected chi connectivity index (χ3v) is 2.82. The number of rotatable bonds is 3. The minimum atomic E-state index is -1.11. The Bertz CT molecular complexity index is 690. The van der Waals surface area contributed by atoms with Crippen molar-refractivity contribution >= 4 is 35.0 Å². The van der Waals surface area contributed by atoms with Gasteiger partial charge in [0, 0.05) is 0 Å². The Hall–Kier alpha value is -2.82. The van der Waals surface area contributed by atoms with Crippen LogP contribution >= 0.6 is 12.2 Å². The van der Waals surface area contributed by atoms with Gasteiger partial charge in [0.15, 0.2) is 0 Å². The van der Waals surface area contributed by atoms with Crippen LogP contribution in [-0.2, 0) is 0 Å². The second-order valence-electron chi connectivity index (χ2n) is 4.13. The summed E-state index contributed by atoms with van der Waals surface area (Å²) in [5.74, 6) is -2.22. The number of benzene rings is 2. The highest BCUT2D eigenvalue weighted by Gasteiger charge is 2.13. The molecular weight excluding hydrogens is 302 g/mol. The third kappa shape index (κ3) is 4.94. The fraction of sp³-hybridized carbons (Fsp3) is 0.0625. The Morgan fingerprint density at radius 1 is 0.955 bits per heavy atom. The smallest absolute Gasteiger partial charge is 0.335 e. The summed E-state index contributed by atoms with van der Waals surface area (Å²) in [7, 11) is 0. The van der Waals surface area contributed by atoms with Crippen molar-refractivity contribution in [1.82, 2.24) is 0 Å². The molecule has 0 aliphatic carbocycles. The fourth-order valence-corrected chi connectivity index (χ4v) is 1.76. The molecule has 0 aliphatic heterocycles. The van der Waals surface area contributed by atoms with E-state index in [0.717, 1.165) is 5.69 Å². The van der Waals surface area contributed by atoms with Crippen LogP contribution < -0.4 is 0 Å². The Kier molecular flexibility index (Phi) is 6.63. The average molecular weight is 315 g/mol. The van der Waals surface area contributed by atoms with E-state index >= 15 is 0 Å². The van der Waals surface area contributed by atoms with Gasteiger partial charge in [-0.3, -0.25) is 0 Å². The van der Waals surface area contributed by atoms with Crippen LogP contribution in [-0.4, -0.2) is 27.3 Å². The van der Waals surface area contributed by atoms with E-state index in [9.17, 15) is 9.59 Å². The predicted octanol–water partition coefficient (Wildman–Crippen LogP) is 3.81. The minimum absolute atomic E-state index is 0.0277. The zero-order chi connectivity index (χ0) is 16.5. The third-order valence-electron chi connectivity index (χ3n) is 2.73. The Morgan fingerprint density at radius 2 is 1.45 bits per heavy atom. The molecule has 0 bridgehead atoms. The van der Waals surface area contributed by atoms with Crippen molar-refractivity contribution in [2.45, 2.75) is 6.92 Å². The van der Waals surface area contributed by atoms with Gasteiger partial charge in [-0.1, -0.05) is 24.3 Å². The van der Waals surface area contributed by atoms with E-state index in [4.69, 9.17) is 10.2 Å². The number of aliphatic imine (C=N–C) groups is 1. The summed E-state index contributed by atoms with van der Waals surface area (Å²) in [6, 6.07) is 13.7. The van der Waals surface area contributed by atoms with Gasteiger partial charge in [-0.25, -0.2) is 9.59 Å². The second kappa shape index (κ2) is 8.46. The summed E-state index contributed by atoms with van der Waals surface area (Å²) in [5.41, 5.74) is 1.19. The average Bonchev–Trinajstić information content (AvgIpc) is 2.49. The van der Waals surface area contributed by atoms with E-state index in [1.54, 1.807) is 0 Å². The minimum Gasteiger partial charge on any atom is -0.478 e. The second-order valence-corrected chi connectivity index (χ2v) is 4.31. The van der Waals surface area contributed by atoms with Crippen LogP contribution in [0.5, 0.6) is 0 Å². The molecule has 22 heavy (non-hydrogen) atoms. The number of hydrogen-bond acceptors (Lipinski definition) is 4. The zero-order valence-electron chi connectivity index (χ0n) is 11.7. The van der Waals surface area contributed by atoms with Gasteiger partial charge in [-0.2, -0.15) is 4.99 Å². The molecule has 2 aromatic carbocycles. The molecule has 0 radical (unpaired) electrons. The molecule has 0 saturated heterocycles. The number of hydrogen-bond donors (Lipinski definition) is 2. The Morgan fingerprint density at radius 3 is 1.86 bits per heavy atom. The maximum atomic E-state index is 10.6. The molecule has 5 nitrogen and oxygen atoms in total. The molecule has 112 valence electrons. The summed E-state index contributed by atoms with van der Waals surface area (Å²) in [4.78, 5) is 25.0. The van der Waals surface area contributed by atoms with E-state index < -0.39 is 11.9 Å². The van der Waals surface area contributed by atoms with Crippen molar-refractivity contribution in [3.8, 4) is 0 Å². The van der Waals surface area contributed by atoms with Crippen molar-refractivity contribution in [2.24, 2.45) is 4.99 Å². The first kappa shape index (κ1) is 17.2. The summed E-state index contributed by atoms with van der Waals surface area (Å²) in [5, 5.41) is 19.7. The quantitative estimate of drug-likeness (QED) is 0.664. The number of para-hydroxylation sites is 1. The highest BCUT2D eigenvalue weighted by atomic mass is 32.1. The summed E-state index contributed by atoms with van der Waals surface area (Å²) >= 11 is 4.42. The lowest BCUT2D eigenvalue weighted by Gasteiger charge is -2.03. The normalized spacial score (nSPS) is 8.95. The van der Waals surface area contributed by atoms with Gasteiger partial charge in [0.25, 0.3) is 0 Å². The lowest BCUT2D eigenvalue weighted by atomic mass is 10.0. The molecule has 0 aromatic heterocycles. The molecule has 0 unspecified atom stereocenters. The molecule has 6 heteroatoms. The van der Waals surface area contributed by atoms with Crippen LogP contribution in [0.3, 0.4) is 0 Å². The van der Waals surface area contributed by atoms with Crippen LogP contribution in [0.2, 0.25) is 0 Å². The van der Waals surface area contributed by atoms with Crippen LogP contribution in [0, 0.1) is 6.92 Å². The molecule has 0 spiro atoms. The number of thiocarbonyl (C=S) groups is 1. The molecule has 0 saturated carbocycles. The largest absolute Gasteiger partial charge is 0.478 e. The van der Waals surface area contributed by atoms with E-state index in [0.29, 0.717) is 0 Å². The number of nitrogens with zero attached hydrogens (tertiary/aromatic N) is 1. The van der Waals surface area contributed by atoms with Crippen LogP contribution in [0.4, 0.5) is 5.69 Å². The first-order valence-corrected chi connectivity index (χ1v) is 6.57. The van der Waals surface area contributed by atoms with Gasteiger partial charge < -0.3 is 10.2 Å². The topological polar surface area (TPSA) is 87.0 Å². The van der Waals surface area contributed by atoms with Gasteiger partial charge in [0.1, 0.15) is 0 Å². The van der Waals surface area contributed by atoms with Gasteiger partial charge in [0.2, 0.25) is 0 Å². The number of isothiocyanates is 1. The Labute approximate surface area is 132 Å². The molecule has 0 aliphatic rings. The number of carboxylic acids is 2. The van der Waals surface area contributed by atoms with Gasteiger partial charge >= 0.3 is 11.9 Å². The maximum absolute atomic E-state index is 10.6. The van der Waals surface area contributed by atoms with Crippen molar-refractivity contribution in [1.29, 1.82) is 0 Å². The predicted molar refractivity (Wildman–Crippen MR) is 86.2 cm³/mol. The lowest BCUT2D eigenvalue weighted by Crippen LogP contribution is -2.06. The zero-order valence-corrected chi connectivity index (χ0v) is 12.5. The summed E-state index contributed by atoms with van der Waals surface area (Å²) in [6.45, 7) is 1.48. The molecule has 2 rings (SSSR count). The molecule has 0 fully saturated rings. The van der Waals surface area contributed by atoms with Crippen molar-refractivity contribution < 1.29 is 19.8 Å². The molecular formula is C16H13NO4S. The fourth-order valence-electron chi connectivity index (χ4n) is 1.65. The number of carboxylic acid groups (broad SMARTS) is 2. The Balaban J connectivity index is 0.000000235. The van der Waals surface area contributed by atoms with Crippen LogP contribution in [0.25, 0.3) is 0 Å². The van der Waals surface area contributed by atoms with Crippen LogP contribution in [0.15, 0.2) is 53.5 Å². The lowest BCUT2D eigenvalue weighted by molar-refractivity contribution is 0.0696. The molecule has 0 heterocycles. The molecule has 2 N–H and O–H groups in total. The van der Waals surface area contributed by atoms with Crippen LogP contribution in [0.1, 0.15) is 26.3 Å². The summed E-state index contributed by atoms with van der Waals surface area (Å²) in [6.07, 6.45) is 0. The molecule has 2 aromatic rings.